The molecule has 0 spiro atoms. The molecule has 1 saturated heterocycles. The Morgan fingerprint density at radius 3 is 2.92 bits per heavy atom. The van der Waals surface area contributed by atoms with Crippen LogP contribution in [0, 0.1) is 11.7 Å². The molecule has 0 aromatic heterocycles. The summed E-state index contributed by atoms with van der Waals surface area (Å²) in [6, 6.07) is 4.33. The number of hydrogen-bond acceptors (Lipinski definition) is 4. The Morgan fingerprint density at radius 1 is 1.50 bits per heavy atom. The Labute approximate surface area is 148 Å². The third-order valence-electron chi connectivity index (χ3n) is 3.69. The SMILES string of the molecule is NS(=O)(=O)NC[C@H]1CCCN(C(=O)COc2ccc(Br)cc2F)C1. The largest absolute Gasteiger partial charge is 0.481 e. The molecule has 10 heteroatoms. The summed E-state index contributed by atoms with van der Waals surface area (Å²) < 4.78 is 43.6. The number of likely N-dealkylation sites (tertiary alicyclic amines) is 1. The van der Waals surface area contributed by atoms with Crippen molar-refractivity contribution in [3.63, 3.8) is 0 Å². The van der Waals surface area contributed by atoms with Crippen LogP contribution in [0.15, 0.2) is 22.7 Å². The summed E-state index contributed by atoms with van der Waals surface area (Å²) in [5, 5.41) is 4.91. The number of carbonyl (C=O) groups is 1. The number of halogens is 2. The van der Waals surface area contributed by atoms with Gasteiger partial charge in [0.25, 0.3) is 16.1 Å². The van der Waals surface area contributed by atoms with E-state index in [-0.39, 0.29) is 30.7 Å². The number of hydrogen-bond donors (Lipinski definition) is 2. The second kappa shape index (κ2) is 8.24. The van der Waals surface area contributed by atoms with Gasteiger partial charge in [0.05, 0.1) is 0 Å². The van der Waals surface area contributed by atoms with Gasteiger partial charge in [-0.15, -0.1) is 0 Å². The average Bonchev–Trinajstić information content (AvgIpc) is 2.51. The van der Waals surface area contributed by atoms with E-state index in [0.29, 0.717) is 17.6 Å². The van der Waals surface area contributed by atoms with Gasteiger partial charge < -0.3 is 9.64 Å². The van der Waals surface area contributed by atoms with Gasteiger partial charge in [-0.3, -0.25) is 4.79 Å². The molecular weight excluding hydrogens is 405 g/mol. The van der Waals surface area contributed by atoms with Crippen LogP contribution in [0.5, 0.6) is 5.75 Å². The van der Waals surface area contributed by atoms with Crippen molar-refractivity contribution in [1.29, 1.82) is 0 Å². The summed E-state index contributed by atoms with van der Waals surface area (Å²) in [6.07, 6.45) is 1.56. The first kappa shape index (κ1) is 19.1. The zero-order valence-electron chi connectivity index (χ0n) is 12.9. The molecule has 1 aromatic rings. The van der Waals surface area contributed by atoms with Crippen LogP contribution in [0.2, 0.25) is 0 Å². The lowest BCUT2D eigenvalue weighted by Crippen LogP contribution is -2.46. The zero-order chi connectivity index (χ0) is 17.7. The molecular formula is C14H19BrFN3O4S. The number of nitrogens with one attached hydrogen (secondary N) is 1. The van der Waals surface area contributed by atoms with Crippen molar-refractivity contribution in [3.05, 3.63) is 28.5 Å². The average molecular weight is 424 g/mol. The van der Waals surface area contributed by atoms with E-state index in [1.807, 2.05) is 0 Å². The Morgan fingerprint density at radius 2 is 2.25 bits per heavy atom. The highest BCUT2D eigenvalue weighted by molar-refractivity contribution is 9.10. The van der Waals surface area contributed by atoms with Crippen molar-refractivity contribution >= 4 is 32.0 Å². The van der Waals surface area contributed by atoms with E-state index >= 15 is 0 Å². The van der Waals surface area contributed by atoms with Crippen molar-refractivity contribution in [3.8, 4) is 5.75 Å². The molecule has 3 N–H and O–H groups in total. The summed E-state index contributed by atoms with van der Waals surface area (Å²) in [5.41, 5.74) is 0. The Kier molecular flexibility index (Phi) is 6.55. The van der Waals surface area contributed by atoms with Crippen LogP contribution in [0.3, 0.4) is 0 Å². The van der Waals surface area contributed by atoms with E-state index in [1.165, 1.54) is 12.1 Å². The number of benzene rings is 1. The second-order valence-electron chi connectivity index (χ2n) is 5.60. The highest BCUT2D eigenvalue weighted by Gasteiger charge is 2.24. The first-order valence-electron chi connectivity index (χ1n) is 7.37. The van der Waals surface area contributed by atoms with E-state index in [0.717, 1.165) is 12.8 Å². The van der Waals surface area contributed by atoms with E-state index in [4.69, 9.17) is 9.88 Å². The highest BCUT2D eigenvalue weighted by Crippen LogP contribution is 2.22. The van der Waals surface area contributed by atoms with E-state index in [2.05, 4.69) is 20.7 Å². The number of ether oxygens (including phenoxy) is 1. The molecule has 0 saturated carbocycles. The topological polar surface area (TPSA) is 102 Å². The minimum Gasteiger partial charge on any atom is -0.481 e. The fourth-order valence-corrected chi connectivity index (χ4v) is 3.32. The Hall–Kier alpha value is -1.23. The summed E-state index contributed by atoms with van der Waals surface area (Å²) in [4.78, 5) is 13.8. The molecule has 1 heterocycles. The fourth-order valence-electron chi connectivity index (χ4n) is 2.52. The van der Waals surface area contributed by atoms with Crippen LogP contribution >= 0.6 is 15.9 Å². The van der Waals surface area contributed by atoms with Crippen molar-refractivity contribution in [2.45, 2.75) is 12.8 Å². The summed E-state index contributed by atoms with van der Waals surface area (Å²) >= 11 is 3.15. The van der Waals surface area contributed by atoms with Crippen LogP contribution in [-0.2, 0) is 15.0 Å². The molecule has 1 aliphatic heterocycles. The van der Waals surface area contributed by atoms with Crippen LogP contribution < -0.4 is 14.6 Å². The van der Waals surface area contributed by atoms with Crippen molar-refractivity contribution in [2.75, 3.05) is 26.2 Å². The maximum atomic E-state index is 13.7. The second-order valence-corrected chi connectivity index (χ2v) is 7.90. The zero-order valence-corrected chi connectivity index (χ0v) is 15.3. The molecule has 1 aliphatic rings. The predicted octanol–water partition coefficient (Wildman–Crippen LogP) is 0.999. The molecule has 2 rings (SSSR count). The smallest absolute Gasteiger partial charge is 0.274 e. The maximum absolute atomic E-state index is 13.7. The first-order valence-corrected chi connectivity index (χ1v) is 9.71. The normalized spacial score (nSPS) is 18.5. The van der Waals surface area contributed by atoms with Gasteiger partial charge in [-0.2, -0.15) is 8.42 Å². The van der Waals surface area contributed by atoms with Gasteiger partial charge in [0.1, 0.15) is 0 Å². The maximum Gasteiger partial charge on any atom is 0.274 e. The minimum absolute atomic E-state index is 0.00885. The van der Waals surface area contributed by atoms with Gasteiger partial charge in [0.15, 0.2) is 18.2 Å². The van der Waals surface area contributed by atoms with Crippen LogP contribution in [-0.4, -0.2) is 45.5 Å². The molecule has 1 amide bonds. The number of piperidine rings is 1. The lowest BCUT2D eigenvalue weighted by molar-refractivity contribution is -0.135. The Balaban J connectivity index is 1.85. The van der Waals surface area contributed by atoms with E-state index in [1.54, 1.807) is 11.0 Å². The monoisotopic (exact) mass is 423 g/mol. The summed E-state index contributed by atoms with van der Waals surface area (Å²) in [6.45, 7) is 0.892. The summed E-state index contributed by atoms with van der Waals surface area (Å²) in [5.74, 6) is -0.815. The van der Waals surface area contributed by atoms with Crippen molar-refractivity contribution < 1.29 is 22.3 Å². The van der Waals surface area contributed by atoms with E-state index in [9.17, 15) is 17.6 Å². The van der Waals surface area contributed by atoms with Gasteiger partial charge in [-0.05, 0) is 37.0 Å². The van der Waals surface area contributed by atoms with Gasteiger partial charge >= 0.3 is 0 Å². The molecule has 1 fully saturated rings. The van der Waals surface area contributed by atoms with Crippen molar-refractivity contribution in [2.24, 2.45) is 11.1 Å². The Bertz CT molecular complexity index is 701. The number of rotatable bonds is 6. The lowest BCUT2D eigenvalue weighted by atomic mass is 9.98. The number of carbonyl (C=O) groups excluding carboxylic acids is 1. The van der Waals surface area contributed by atoms with Crippen molar-refractivity contribution in [1.82, 2.24) is 9.62 Å². The van der Waals surface area contributed by atoms with Crippen LogP contribution in [0.25, 0.3) is 0 Å². The standard InChI is InChI=1S/C14H19BrFN3O4S/c15-11-3-4-13(12(16)6-11)23-9-14(20)19-5-1-2-10(8-19)7-18-24(17,21)22/h3-4,6,10,18H,1-2,5,7-9H2,(H2,17,21,22)/t10-/m1/s1. The van der Waals surface area contributed by atoms with Gasteiger partial charge in [-0.1, -0.05) is 15.9 Å². The number of amides is 1. The molecule has 0 radical (unpaired) electrons. The quantitative estimate of drug-likeness (QED) is 0.712. The molecule has 1 atom stereocenters. The molecule has 7 nitrogen and oxygen atoms in total. The number of nitrogens with two attached hydrogens (primary N) is 1. The third-order valence-corrected chi connectivity index (χ3v) is 4.75. The minimum atomic E-state index is -3.74. The molecule has 0 unspecified atom stereocenters. The summed E-state index contributed by atoms with van der Waals surface area (Å²) in [7, 11) is -3.74. The lowest BCUT2D eigenvalue weighted by Gasteiger charge is -2.32. The highest BCUT2D eigenvalue weighted by atomic mass is 79.9. The van der Waals surface area contributed by atoms with Gasteiger partial charge in [0, 0.05) is 24.1 Å². The molecule has 0 bridgehead atoms. The molecule has 1 aromatic carbocycles. The fraction of sp³-hybridized carbons (Fsp3) is 0.500. The number of nitrogens with zero attached hydrogens (tertiary/aromatic N) is 1. The molecule has 134 valence electrons. The van der Waals surface area contributed by atoms with Gasteiger partial charge in [0.2, 0.25) is 0 Å². The predicted molar refractivity (Wildman–Crippen MR) is 90.0 cm³/mol. The van der Waals surface area contributed by atoms with Crippen LogP contribution in [0.1, 0.15) is 12.8 Å². The third kappa shape index (κ3) is 6.00. The van der Waals surface area contributed by atoms with Gasteiger partial charge in [-0.25, -0.2) is 14.3 Å². The molecule has 24 heavy (non-hydrogen) atoms. The van der Waals surface area contributed by atoms with Crippen LogP contribution in [0.4, 0.5) is 4.39 Å². The molecule has 0 aliphatic carbocycles. The van der Waals surface area contributed by atoms with E-state index < -0.39 is 16.0 Å². The first-order chi connectivity index (χ1) is 11.2.